The van der Waals surface area contributed by atoms with Crippen LogP contribution in [0.1, 0.15) is 37.7 Å². The molecule has 29 heavy (non-hydrogen) atoms. The average Bonchev–Trinajstić information content (AvgIpc) is 2.72. The van der Waals surface area contributed by atoms with Gasteiger partial charge in [0.1, 0.15) is 5.69 Å². The van der Waals surface area contributed by atoms with Gasteiger partial charge in [0.2, 0.25) is 5.91 Å². The predicted molar refractivity (Wildman–Crippen MR) is 118 cm³/mol. The number of para-hydroxylation sites is 3. The van der Waals surface area contributed by atoms with E-state index in [4.69, 9.17) is 18.0 Å². The quantitative estimate of drug-likeness (QED) is 0.452. The summed E-state index contributed by atoms with van der Waals surface area (Å²) in [5, 5.41) is 14.2. The molecule has 0 saturated heterocycles. The number of nitrogens with two attached hydrogens (primary N) is 1. The summed E-state index contributed by atoms with van der Waals surface area (Å²) < 4.78 is 0. The Morgan fingerprint density at radius 2 is 1.62 bits per heavy atom. The third-order valence-corrected chi connectivity index (χ3v) is 5.40. The fourth-order valence-corrected chi connectivity index (χ4v) is 3.95. The van der Waals surface area contributed by atoms with Crippen molar-refractivity contribution in [1.29, 1.82) is 0 Å². The molecular weight excluding hydrogens is 388 g/mol. The Balaban J connectivity index is 2.17. The normalized spacial score (nSPS) is 14.2. The number of hydrogen-bond donors (Lipinski definition) is 1. The zero-order valence-corrected chi connectivity index (χ0v) is 17.1. The van der Waals surface area contributed by atoms with Crippen LogP contribution in [0.3, 0.4) is 0 Å². The lowest BCUT2D eigenvalue weighted by atomic mass is 9.88. The minimum absolute atomic E-state index is 0.133. The number of thiocarbonyl (C=S) groups is 1. The van der Waals surface area contributed by atoms with Gasteiger partial charge < -0.3 is 5.73 Å². The highest BCUT2D eigenvalue weighted by Gasteiger charge is 2.35. The van der Waals surface area contributed by atoms with Crippen molar-refractivity contribution in [1.82, 2.24) is 0 Å². The molecule has 0 radical (unpaired) electrons. The molecule has 8 heteroatoms. The van der Waals surface area contributed by atoms with Crippen LogP contribution in [-0.2, 0) is 4.79 Å². The van der Waals surface area contributed by atoms with Crippen LogP contribution in [0.4, 0.5) is 17.1 Å². The smallest absolute Gasteiger partial charge is 0.294 e. The van der Waals surface area contributed by atoms with Crippen molar-refractivity contribution >= 4 is 40.3 Å². The van der Waals surface area contributed by atoms with Gasteiger partial charge in [-0.3, -0.25) is 14.9 Å². The number of carbonyl (C=O) groups excluding carboxylic acids is 1. The highest BCUT2D eigenvalue weighted by molar-refractivity contribution is 7.80. The Labute approximate surface area is 175 Å². The molecule has 1 aliphatic rings. The Morgan fingerprint density at radius 3 is 2.21 bits per heavy atom. The molecule has 1 fully saturated rings. The monoisotopic (exact) mass is 412 g/mol. The molecule has 0 heterocycles. The van der Waals surface area contributed by atoms with E-state index in [0.29, 0.717) is 5.69 Å². The van der Waals surface area contributed by atoms with Crippen LogP contribution in [0.2, 0.25) is 0 Å². The maximum absolute atomic E-state index is 13.7. The van der Waals surface area contributed by atoms with Crippen LogP contribution in [0.15, 0.2) is 48.5 Å². The molecule has 1 aliphatic carbocycles. The Morgan fingerprint density at radius 1 is 1.03 bits per heavy atom. The first-order chi connectivity index (χ1) is 13.9. The minimum Gasteiger partial charge on any atom is -0.374 e. The first-order valence-corrected chi connectivity index (χ1v) is 10.0. The number of benzene rings is 2. The van der Waals surface area contributed by atoms with Gasteiger partial charge in [-0.15, -0.1) is 0 Å². The van der Waals surface area contributed by atoms with Crippen LogP contribution >= 0.6 is 12.2 Å². The average molecular weight is 413 g/mol. The molecule has 1 amide bonds. The van der Waals surface area contributed by atoms with Gasteiger partial charge in [-0.05, 0) is 49.7 Å². The van der Waals surface area contributed by atoms with Crippen molar-refractivity contribution in [2.24, 2.45) is 11.7 Å². The minimum atomic E-state index is -0.498. The van der Waals surface area contributed by atoms with Gasteiger partial charge in [-0.1, -0.05) is 49.6 Å². The fourth-order valence-electron chi connectivity index (χ4n) is 3.77. The standard InChI is InChI=1S/C21H24N4O3S/c1-15-9-5-6-12-17(15)23(20(26)16-10-3-2-4-11-16)24(21(22)29)18-13-7-8-14-19(18)25(27)28/h5-9,12-14,16H,2-4,10-11H2,1H3,(H2,22,29). The van der Waals surface area contributed by atoms with Crippen molar-refractivity contribution in [2.45, 2.75) is 39.0 Å². The summed E-state index contributed by atoms with van der Waals surface area (Å²) in [5.74, 6) is -0.326. The number of hydrogen-bond acceptors (Lipinski definition) is 4. The van der Waals surface area contributed by atoms with E-state index in [1.807, 2.05) is 25.1 Å². The summed E-state index contributed by atoms with van der Waals surface area (Å²) >= 11 is 5.27. The molecule has 0 unspecified atom stereocenters. The first kappa shape index (κ1) is 20.7. The fraction of sp³-hybridized carbons (Fsp3) is 0.333. The second kappa shape index (κ2) is 9.00. The molecule has 2 aromatic rings. The molecule has 152 valence electrons. The van der Waals surface area contributed by atoms with Crippen molar-refractivity contribution in [2.75, 3.05) is 10.0 Å². The third kappa shape index (κ3) is 4.37. The highest BCUT2D eigenvalue weighted by Crippen LogP contribution is 2.35. The van der Waals surface area contributed by atoms with E-state index >= 15 is 0 Å². The van der Waals surface area contributed by atoms with Crippen molar-refractivity contribution < 1.29 is 9.72 Å². The van der Waals surface area contributed by atoms with Crippen LogP contribution in [0, 0.1) is 23.0 Å². The van der Waals surface area contributed by atoms with Gasteiger partial charge in [0.25, 0.3) is 5.69 Å². The first-order valence-electron chi connectivity index (χ1n) is 9.64. The van der Waals surface area contributed by atoms with Gasteiger partial charge in [-0.25, -0.2) is 10.0 Å². The second-order valence-electron chi connectivity index (χ2n) is 7.17. The molecule has 1 saturated carbocycles. The summed E-state index contributed by atoms with van der Waals surface area (Å²) in [5.41, 5.74) is 7.48. The van der Waals surface area contributed by atoms with Gasteiger partial charge in [0.15, 0.2) is 5.11 Å². The number of nitro benzene ring substituents is 1. The molecule has 2 aromatic carbocycles. The van der Waals surface area contributed by atoms with Crippen molar-refractivity contribution in [3.63, 3.8) is 0 Å². The zero-order valence-electron chi connectivity index (χ0n) is 16.3. The van der Waals surface area contributed by atoms with Gasteiger partial charge in [0, 0.05) is 12.0 Å². The number of nitro groups is 1. The lowest BCUT2D eigenvalue weighted by Crippen LogP contribution is -2.55. The molecule has 0 atom stereocenters. The van der Waals surface area contributed by atoms with E-state index in [2.05, 4.69) is 0 Å². The van der Waals surface area contributed by atoms with E-state index in [0.717, 1.165) is 37.7 Å². The number of rotatable bonds is 4. The topological polar surface area (TPSA) is 92.7 Å². The lowest BCUT2D eigenvalue weighted by Gasteiger charge is -2.38. The number of aryl methyl sites for hydroxylation is 1. The van der Waals surface area contributed by atoms with E-state index < -0.39 is 4.92 Å². The zero-order chi connectivity index (χ0) is 21.0. The van der Waals surface area contributed by atoms with Crippen molar-refractivity contribution in [3.05, 3.63) is 64.2 Å². The SMILES string of the molecule is Cc1ccccc1N(C(=O)C1CCCCC1)N(C(N)=S)c1ccccc1[N+](=O)[O-]. The molecule has 0 spiro atoms. The third-order valence-electron chi connectivity index (χ3n) is 5.22. The molecule has 0 bridgehead atoms. The van der Waals surface area contributed by atoms with E-state index in [9.17, 15) is 14.9 Å². The Kier molecular flexibility index (Phi) is 6.43. The molecule has 7 nitrogen and oxygen atoms in total. The molecule has 3 rings (SSSR count). The van der Waals surface area contributed by atoms with E-state index in [1.165, 1.54) is 16.1 Å². The van der Waals surface area contributed by atoms with Gasteiger partial charge in [-0.2, -0.15) is 0 Å². The van der Waals surface area contributed by atoms with Crippen LogP contribution in [-0.4, -0.2) is 15.9 Å². The summed E-state index contributed by atoms with van der Waals surface area (Å²) in [7, 11) is 0. The van der Waals surface area contributed by atoms with Crippen LogP contribution < -0.4 is 15.8 Å². The Bertz CT molecular complexity index is 928. The molecule has 0 aliphatic heterocycles. The number of hydrazine groups is 1. The largest absolute Gasteiger partial charge is 0.374 e. The van der Waals surface area contributed by atoms with Crippen LogP contribution in [0.5, 0.6) is 0 Å². The summed E-state index contributed by atoms with van der Waals surface area (Å²) in [6.45, 7) is 1.88. The summed E-state index contributed by atoms with van der Waals surface area (Å²) in [6.07, 6.45) is 4.64. The van der Waals surface area contributed by atoms with E-state index in [1.54, 1.807) is 24.3 Å². The predicted octanol–water partition coefficient (Wildman–Crippen LogP) is 4.48. The van der Waals surface area contributed by atoms with Gasteiger partial charge in [0.05, 0.1) is 10.6 Å². The number of nitrogens with zero attached hydrogens (tertiary/aromatic N) is 3. The highest BCUT2D eigenvalue weighted by atomic mass is 32.1. The second-order valence-corrected chi connectivity index (χ2v) is 7.59. The molecule has 0 aromatic heterocycles. The number of carbonyl (C=O) groups is 1. The summed E-state index contributed by atoms with van der Waals surface area (Å²) in [6, 6.07) is 13.5. The maximum Gasteiger partial charge on any atom is 0.294 e. The van der Waals surface area contributed by atoms with Gasteiger partial charge >= 0.3 is 0 Å². The lowest BCUT2D eigenvalue weighted by molar-refractivity contribution is -0.384. The summed E-state index contributed by atoms with van der Waals surface area (Å²) in [4.78, 5) is 24.8. The maximum atomic E-state index is 13.7. The molecular formula is C21H24N4O3S. The number of amides is 1. The van der Waals surface area contributed by atoms with Crippen molar-refractivity contribution in [3.8, 4) is 0 Å². The molecule has 2 N–H and O–H groups in total. The number of anilines is 2. The Hall–Kier alpha value is -3.00. The van der Waals surface area contributed by atoms with Crippen LogP contribution in [0.25, 0.3) is 0 Å². The van der Waals surface area contributed by atoms with E-state index in [-0.39, 0.29) is 28.3 Å².